The number of phenolic OH excluding ortho intramolecular Hbond substituents is 2. The van der Waals surface area contributed by atoms with Crippen LogP contribution in [-0.2, 0) is 30.3 Å². The Kier molecular flexibility index (Phi) is 10.9. The van der Waals surface area contributed by atoms with Gasteiger partial charge in [-0.25, -0.2) is 4.79 Å². The quantitative estimate of drug-likeness (QED) is 0.253. The third-order valence-corrected chi connectivity index (χ3v) is 5.62. The summed E-state index contributed by atoms with van der Waals surface area (Å²) in [5, 5.41) is 34.2. The van der Waals surface area contributed by atoms with Crippen molar-refractivity contribution < 1.29 is 38.9 Å². The molecule has 0 spiro atoms. The Morgan fingerprint density at radius 1 is 1.07 bits per heavy atom. The topological polar surface area (TPSA) is 178 Å². The Morgan fingerprint density at radius 3 is 2.27 bits per heavy atom. The highest BCUT2D eigenvalue weighted by molar-refractivity contribution is 5.93. The molecule has 0 saturated heterocycles. The van der Waals surface area contributed by atoms with Crippen molar-refractivity contribution in [3.8, 4) is 17.6 Å². The summed E-state index contributed by atoms with van der Waals surface area (Å²) in [6.07, 6.45) is -0.959. The number of alkyl carbamates (subject to hydrolysis) is 1. The van der Waals surface area contributed by atoms with Crippen LogP contribution < -0.4 is 10.6 Å². The number of nitriles is 1. The highest BCUT2D eigenvalue weighted by atomic mass is 16.6. The molecule has 2 unspecified atom stereocenters. The molecule has 2 atom stereocenters. The second-order valence-corrected chi connectivity index (χ2v) is 9.94. The van der Waals surface area contributed by atoms with Gasteiger partial charge in [-0.15, -0.1) is 0 Å². The highest BCUT2D eigenvalue weighted by Crippen LogP contribution is 2.27. The smallest absolute Gasteiger partial charge is 0.408 e. The number of ether oxygens (including phenoxy) is 2. The van der Waals surface area contributed by atoms with E-state index in [9.17, 15) is 34.7 Å². The molecule has 214 valence electrons. The summed E-state index contributed by atoms with van der Waals surface area (Å²) < 4.78 is 9.90. The number of carbonyl (C=O) groups is 4. The summed E-state index contributed by atoms with van der Waals surface area (Å²) in [6.45, 7) is 5.50. The Morgan fingerprint density at radius 2 is 1.73 bits per heavy atom. The molecule has 12 nitrogen and oxygen atoms in total. The van der Waals surface area contributed by atoms with Crippen LogP contribution in [0.1, 0.15) is 43.5 Å². The molecule has 0 aliphatic rings. The fourth-order valence-corrected chi connectivity index (χ4v) is 3.74. The monoisotopic (exact) mass is 554 g/mol. The standard InChI is InChI=1S/C28H34N4O8/c1-17-14-19(8-11-22(17)34)24(25(36)30-16-23(35)39-5)32(13-12-29)26(37)21(31-27(38)40-28(2,3)4)15-18-6-9-20(33)10-7-18/h6-11,14,21,24,33-34H,13,15-16H2,1-5H3,(H,30,36)(H,31,38). The van der Waals surface area contributed by atoms with Gasteiger partial charge in [0, 0.05) is 6.42 Å². The molecule has 0 bridgehead atoms. The van der Waals surface area contributed by atoms with Crippen LogP contribution in [-0.4, -0.2) is 70.8 Å². The number of carbonyl (C=O) groups excluding carboxylic acids is 4. The lowest BCUT2D eigenvalue weighted by Crippen LogP contribution is -2.54. The van der Waals surface area contributed by atoms with Crippen molar-refractivity contribution in [2.75, 3.05) is 20.2 Å². The lowest BCUT2D eigenvalue weighted by molar-refractivity contribution is -0.144. The van der Waals surface area contributed by atoms with E-state index in [-0.39, 0.29) is 23.5 Å². The predicted octanol–water partition coefficient (Wildman–Crippen LogP) is 2.22. The van der Waals surface area contributed by atoms with Crippen LogP contribution >= 0.6 is 0 Å². The van der Waals surface area contributed by atoms with Gasteiger partial charge in [0.05, 0.1) is 13.2 Å². The maximum Gasteiger partial charge on any atom is 0.408 e. The third kappa shape index (κ3) is 9.20. The summed E-state index contributed by atoms with van der Waals surface area (Å²) in [5.41, 5.74) is 0.348. The van der Waals surface area contributed by atoms with Crippen molar-refractivity contribution in [1.82, 2.24) is 15.5 Å². The minimum Gasteiger partial charge on any atom is -0.508 e. The van der Waals surface area contributed by atoms with Crippen molar-refractivity contribution in [3.05, 3.63) is 59.2 Å². The van der Waals surface area contributed by atoms with Gasteiger partial charge in [0.2, 0.25) is 11.8 Å². The van der Waals surface area contributed by atoms with Crippen LogP contribution in [0.5, 0.6) is 11.5 Å². The molecule has 0 saturated carbocycles. The number of aryl methyl sites for hydroxylation is 1. The second kappa shape index (κ2) is 13.8. The van der Waals surface area contributed by atoms with E-state index >= 15 is 0 Å². The largest absolute Gasteiger partial charge is 0.508 e. The maximum absolute atomic E-state index is 14.0. The van der Waals surface area contributed by atoms with Crippen LogP contribution in [0, 0.1) is 18.3 Å². The SMILES string of the molecule is COC(=O)CNC(=O)C(c1ccc(O)c(C)c1)N(CC#N)C(=O)C(Cc1ccc(O)cc1)NC(=O)OC(C)(C)C. The van der Waals surface area contributed by atoms with Crippen LogP contribution in [0.15, 0.2) is 42.5 Å². The summed E-state index contributed by atoms with van der Waals surface area (Å²) in [5.74, 6) is -2.36. The molecule has 3 amide bonds. The molecular weight excluding hydrogens is 520 g/mol. The van der Waals surface area contributed by atoms with Crippen LogP contribution in [0.3, 0.4) is 0 Å². The Hall–Kier alpha value is -4.79. The van der Waals surface area contributed by atoms with Gasteiger partial charge in [0.1, 0.15) is 42.3 Å². The minimum absolute atomic E-state index is 0.00266. The van der Waals surface area contributed by atoms with Gasteiger partial charge in [0.15, 0.2) is 0 Å². The van der Waals surface area contributed by atoms with Crippen molar-refractivity contribution >= 4 is 23.9 Å². The number of benzene rings is 2. The van der Waals surface area contributed by atoms with Gasteiger partial charge in [-0.1, -0.05) is 18.2 Å². The number of hydrogen-bond acceptors (Lipinski definition) is 9. The van der Waals surface area contributed by atoms with Gasteiger partial charge in [-0.2, -0.15) is 5.26 Å². The molecule has 40 heavy (non-hydrogen) atoms. The number of nitrogens with one attached hydrogen (secondary N) is 2. The third-order valence-electron chi connectivity index (χ3n) is 5.62. The number of esters is 1. The molecule has 0 radical (unpaired) electrons. The van der Waals surface area contributed by atoms with Crippen molar-refractivity contribution in [1.29, 1.82) is 5.26 Å². The number of methoxy groups -OCH3 is 1. The number of rotatable bonds is 10. The summed E-state index contributed by atoms with van der Waals surface area (Å²) in [4.78, 5) is 52.8. The summed E-state index contributed by atoms with van der Waals surface area (Å²) in [7, 11) is 1.15. The Labute approximate surface area is 232 Å². The first-order valence-electron chi connectivity index (χ1n) is 12.3. The van der Waals surface area contributed by atoms with Crippen LogP contribution in [0.25, 0.3) is 0 Å². The number of nitrogens with zero attached hydrogens (tertiary/aromatic N) is 2. The number of phenols is 2. The molecule has 2 rings (SSSR count). The molecule has 0 fully saturated rings. The normalized spacial score (nSPS) is 12.3. The average Bonchev–Trinajstić information content (AvgIpc) is 2.88. The van der Waals surface area contributed by atoms with Gasteiger partial charge in [0.25, 0.3) is 0 Å². The zero-order chi connectivity index (χ0) is 30.0. The molecule has 2 aromatic carbocycles. The van der Waals surface area contributed by atoms with Gasteiger partial charge < -0.3 is 35.2 Å². The van der Waals surface area contributed by atoms with E-state index in [1.165, 1.54) is 30.3 Å². The Bertz CT molecular complexity index is 1260. The molecule has 12 heteroatoms. The summed E-state index contributed by atoms with van der Waals surface area (Å²) in [6, 6.07) is 9.36. The fourth-order valence-electron chi connectivity index (χ4n) is 3.74. The van der Waals surface area contributed by atoms with Gasteiger partial charge in [-0.3, -0.25) is 14.4 Å². The minimum atomic E-state index is -1.42. The first-order chi connectivity index (χ1) is 18.7. The van der Waals surface area contributed by atoms with Crippen molar-refractivity contribution in [2.45, 2.75) is 51.8 Å². The second-order valence-electron chi connectivity index (χ2n) is 9.94. The Balaban J connectivity index is 2.55. The molecule has 0 heterocycles. The van der Waals surface area contributed by atoms with E-state index < -0.39 is 54.7 Å². The van der Waals surface area contributed by atoms with E-state index in [4.69, 9.17) is 4.74 Å². The molecule has 4 N–H and O–H groups in total. The van der Waals surface area contributed by atoms with E-state index in [0.717, 1.165) is 12.0 Å². The molecular formula is C28H34N4O8. The number of amides is 3. The van der Waals surface area contributed by atoms with E-state index in [0.29, 0.717) is 11.1 Å². The highest BCUT2D eigenvalue weighted by Gasteiger charge is 2.36. The van der Waals surface area contributed by atoms with Crippen molar-refractivity contribution in [2.24, 2.45) is 0 Å². The van der Waals surface area contributed by atoms with Gasteiger partial charge >= 0.3 is 12.1 Å². The van der Waals surface area contributed by atoms with Gasteiger partial charge in [-0.05, 0) is 68.7 Å². The first-order valence-corrected chi connectivity index (χ1v) is 12.3. The molecule has 0 aliphatic heterocycles. The first kappa shape index (κ1) is 31.4. The average molecular weight is 555 g/mol. The van der Waals surface area contributed by atoms with Crippen LogP contribution in [0.4, 0.5) is 4.79 Å². The fraction of sp³-hybridized carbons (Fsp3) is 0.393. The van der Waals surface area contributed by atoms with Crippen molar-refractivity contribution in [3.63, 3.8) is 0 Å². The predicted molar refractivity (Wildman–Crippen MR) is 143 cm³/mol. The lowest BCUT2D eigenvalue weighted by atomic mass is 9.98. The maximum atomic E-state index is 14.0. The van der Waals surface area contributed by atoms with E-state index in [1.54, 1.807) is 39.8 Å². The molecule has 2 aromatic rings. The molecule has 0 aromatic heterocycles. The number of aromatic hydroxyl groups is 2. The zero-order valence-electron chi connectivity index (χ0n) is 23.1. The zero-order valence-corrected chi connectivity index (χ0v) is 23.1. The van der Waals surface area contributed by atoms with Crippen LogP contribution in [0.2, 0.25) is 0 Å². The molecule has 0 aliphatic carbocycles. The lowest BCUT2D eigenvalue weighted by Gasteiger charge is -2.33. The van der Waals surface area contributed by atoms with E-state index in [1.807, 2.05) is 6.07 Å². The summed E-state index contributed by atoms with van der Waals surface area (Å²) >= 11 is 0. The number of hydrogen-bond donors (Lipinski definition) is 4. The van der Waals surface area contributed by atoms with E-state index in [2.05, 4.69) is 15.4 Å².